The molecule has 3 heteroatoms. The molecular formula is C18H18N2O. The van der Waals surface area contributed by atoms with Gasteiger partial charge in [0.15, 0.2) is 0 Å². The lowest BCUT2D eigenvalue weighted by Gasteiger charge is -2.09. The standard InChI is InChI=1S/C18H18N2O/c1-3-20-17(15-11-9-13(2)10-12-15)16(19-18(20)21)14-7-5-4-6-8-14/h4-12H,3H2,1-2H3,(H,19,21). The molecule has 0 aliphatic carbocycles. The molecule has 0 fully saturated rings. The molecule has 0 saturated heterocycles. The summed E-state index contributed by atoms with van der Waals surface area (Å²) in [7, 11) is 0. The molecule has 0 saturated carbocycles. The smallest absolute Gasteiger partial charge is 0.305 e. The molecule has 0 spiro atoms. The zero-order valence-electron chi connectivity index (χ0n) is 12.3. The minimum Gasteiger partial charge on any atom is -0.305 e. The average molecular weight is 278 g/mol. The van der Waals surface area contributed by atoms with Crippen LogP contribution < -0.4 is 5.69 Å². The van der Waals surface area contributed by atoms with E-state index in [1.807, 2.05) is 37.3 Å². The van der Waals surface area contributed by atoms with E-state index >= 15 is 0 Å². The number of hydrogen-bond acceptors (Lipinski definition) is 1. The third-order valence-corrected chi connectivity index (χ3v) is 3.69. The van der Waals surface area contributed by atoms with Gasteiger partial charge in [0.1, 0.15) is 0 Å². The highest BCUT2D eigenvalue weighted by Gasteiger charge is 2.15. The molecular weight excluding hydrogens is 260 g/mol. The molecule has 1 N–H and O–H groups in total. The van der Waals surface area contributed by atoms with Gasteiger partial charge in [-0.15, -0.1) is 0 Å². The second-order valence-electron chi connectivity index (χ2n) is 5.13. The van der Waals surface area contributed by atoms with Crippen LogP contribution in [0.4, 0.5) is 0 Å². The van der Waals surface area contributed by atoms with Gasteiger partial charge in [-0.2, -0.15) is 0 Å². The fourth-order valence-corrected chi connectivity index (χ4v) is 2.60. The van der Waals surface area contributed by atoms with Gasteiger partial charge >= 0.3 is 5.69 Å². The van der Waals surface area contributed by atoms with Crippen LogP contribution in [-0.2, 0) is 6.54 Å². The maximum Gasteiger partial charge on any atom is 0.326 e. The van der Waals surface area contributed by atoms with E-state index in [0.717, 1.165) is 22.5 Å². The summed E-state index contributed by atoms with van der Waals surface area (Å²) in [5.74, 6) is 0. The first kappa shape index (κ1) is 13.4. The Labute approximate surface area is 123 Å². The Kier molecular flexibility index (Phi) is 3.48. The van der Waals surface area contributed by atoms with Crippen LogP contribution in [0.25, 0.3) is 22.5 Å². The first-order chi connectivity index (χ1) is 10.2. The predicted molar refractivity (Wildman–Crippen MR) is 86.3 cm³/mol. The second-order valence-corrected chi connectivity index (χ2v) is 5.13. The molecule has 2 aromatic carbocycles. The molecule has 0 atom stereocenters. The summed E-state index contributed by atoms with van der Waals surface area (Å²) in [6.45, 7) is 4.69. The van der Waals surface area contributed by atoms with Crippen molar-refractivity contribution in [3.63, 3.8) is 0 Å². The van der Waals surface area contributed by atoms with Crippen molar-refractivity contribution >= 4 is 0 Å². The van der Waals surface area contributed by atoms with Crippen LogP contribution >= 0.6 is 0 Å². The third kappa shape index (κ3) is 2.42. The molecule has 106 valence electrons. The van der Waals surface area contributed by atoms with Crippen molar-refractivity contribution in [3.8, 4) is 22.5 Å². The Hall–Kier alpha value is -2.55. The molecule has 3 rings (SSSR count). The minimum absolute atomic E-state index is 0.0630. The number of nitrogens with one attached hydrogen (secondary N) is 1. The fourth-order valence-electron chi connectivity index (χ4n) is 2.60. The number of H-pyrrole nitrogens is 1. The van der Waals surface area contributed by atoms with E-state index in [1.165, 1.54) is 5.56 Å². The Morgan fingerprint density at radius 1 is 0.952 bits per heavy atom. The van der Waals surface area contributed by atoms with Crippen molar-refractivity contribution in [3.05, 3.63) is 70.6 Å². The van der Waals surface area contributed by atoms with Gasteiger partial charge in [0, 0.05) is 17.7 Å². The summed E-state index contributed by atoms with van der Waals surface area (Å²) in [4.78, 5) is 15.2. The molecule has 1 heterocycles. The Morgan fingerprint density at radius 3 is 2.24 bits per heavy atom. The lowest BCUT2D eigenvalue weighted by atomic mass is 10.0. The van der Waals surface area contributed by atoms with E-state index in [0.29, 0.717) is 6.54 Å². The van der Waals surface area contributed by atoms with E-state index < -0.39 is 0 Å². The highest BCUT2D eigenvalue weighted by atomic mass is 16.1. The topological polar surface area (TPSA) is 37.8 Å². The van der Waals surface area contributed by atoms with Crippen LogP contribution in [-0.4, -0.2) is 9.55 Å². The SMILES string of the molecule is CCn1c(-c2ccc(C)cc2)c(-c2ccccc2)[nH]c1=O. The van der Waals surface area contributed by atoms with Crippen LogP contribution in [0.3, 0.4) is 0 Å². The number of nitrogens with zero attached hydrogens (tertiary/aromatic N) is 1. The van der Waals surface area contributed by atoms with Crippen LogP contribution in [0.5, 0.6) is 0 Å². The van der Waals surface area contributed by atoms with E-state index in [9.17, 15) is 4.79 Å². The number of hydrogen-bond donors (Lipinski definition) is 1. The van der Waals surface area contributed by atoms with Crippen LogP contribution in [0.2, 0.25) is 0 Å². The van der Waals surface area contributed by atoms with Gasteiger partial charge in [-0.3, -0.25) is 4.57 Å². The van der Waals surface area contributed by atoms with E-state index in [1.54, 1.807) is 4.57 Å². The summed E-state index contributed by atoms with van der Waals surface area (Å²) in [5, 5.41) is 0. The van der Waals surface area contributed by atoms with E-state index in [-0.39, 0.29) is 5.69 Å². The molecule has 0 unspecified atom stereocenters. The zero-order chi connectivity index (χ0) is 14.8. The van der Waals surface area contributed by atoms with Crippen LogP contribution in [0.15, 0.2) is 59.4 Å². The highest BCUT2D eigenvalue weighted by molar-refractivity contribution is 5.78. The van der Waals surface area contributed by atoms with Gasteiger partial charge in [-0.05, 0) is 13.8 Å². The Balaban J connectivity index is 2.27. The number of benzene rings is 2. The van der Waals surface area contributed by atoms with Gasteiger partial charge in [-0.25, -0.2) is 4.79 Å². The zero-order valence-corrected chi connectivity index (χ0v) is 12.3. The molecule has 0 radical (unpaired) electrons. The fraction of sp³-hybridized carbons (Fsp3) is 0.167. The third-order valence-electron chi connectivity index (χ3n) is 3.69. The molecule has 0 bridgehead atoms. The summed E-state index contributed by atoms with van der Waals surface area (Å²) >= 11 is 0. The van der Waals surface area contributed by atoms with Gasteiger partial charge in [-0.1, -0.05) is 60.2 Å². The molecule has 21 heavy (non-hydrogen) atoms. The van der Waals surface area contributed by atoms with Crippen molar-refractivity contribution < 1.29 is 0 Å². The normalized spacial score (nSPS) is 10.8. The van der Waals surface area contributed by atoms with Gasteiger partial charge in [0.2, 0.25) is 0 Å². The Bertz CT molecular complexity index is 795. The van der Waals surface area contributed by atoms with Gasteiger partial charge < -0.3 is 4.98 Å². The number of imidazole rings is 1. The summed E-state index contributed by atoms with van der Waals surface area (Å²) in [6.07, 6.45) is 0. The van der Waals surface area contributed by atoms with Crippen LogP contribution in [0.1, 0.15) is 12.5 Å². The number of aromatic nitrogens is 2. The van der Waals surface area contributed by atoms with Crippen molar-refractivity contribution in [2.45, 2.75) is 20.4 Å². The highest BCUT2D eigenvalue weighted by Crippen LogP contribution is 2.29. The molecule has 0 amide bonds. The van der Waals surface area contributed by atoms with Crippen LogP contribution in [0, 0.1) is 6.92 Å². The van der Waals surface area contributed by atoms with E-state index in [2.05, 4.69) is 36.2 Å². The lowest BCUT2D eigenvalue weighted by molar-refractivity contribution is 0.736. The van der Waals surface area contributed by atoms with Crippen molar-refractivity contribution in [1.82, 2.24) is 9.55 Å². The molecule has 3 aromatic rings. The molecule has 0 aliphatic heterocycles. The minimum atomic E-state index is -0.0630. The largest absolute Gasteiger partial charge is 0.326 e. The van der Waals surface area contributed by atoms with Crippen molar-refractivity contribution in [2.24, 2.45) is 0 Å². The first-order valence-corrected chi connectivity index (χ1v) is 7.16. The number of aryl methyl sites for hydroxylation is 1. The summed E-state index contributed by atoms with van der Waals surface area (Å²) in [6, 6.07) is 18.2. The maximum atomic E-state index is 12.2. The quantitative estimate of drug-likeness (QED) is 0.776. The van der Waals surface area contributed by atoms with Gasteiger partial charge in [0.05, 0.1) is 11.4 Å². The average Bonchev–Trinajstić information content (AvgIpc) is 2.85. The molecule has 0 aliphatic rings. The maximum absolute atomic E-state index is 12.2. The summed E-state index contributed by atoms with van der Waals surface area (Å²) < 4.78 is 1.78. The second kappa shape index (κ2) is 5.44. The monoisotopic (exact) mass is 278 g/mol. The first-order valence-electron chi connectivity index (χ1n) is 7.16. The lowest BCUT2D eigenvalue weighted by Crippen LogP contribution is -2.16. The van der Waals surface area contributed by atoms with Crippen molar-refractivity contribution in [1.29, 1.82) is 0 Å². The predicted octanol–water partition coefficient (Wildman–Crippen LogP) is 3.84. The summed E-state index contributed by atoms with van der Waals surface area (Å²) in [5.41, 5.74) is 5.06. The molecule has 1 aromatic heterocycles. The Morgan fingerprint density at radius 2 is 1.62 bits per heavy atom. The van der Waals surface area contributed by atoms with Gasteiger partial charge in [0.25, 0.3) is 0 Å². The number of aromatic amines is 1. The number of rotatable bonds is 3. The van der Waals surface area contributed by atoms with E-state index in [4.69, 9.17) is 0 Å². The molecule has 3 nitrogen and oxygen atoms in total. The van der Waals surface area contributed by atoms with Crippen molar-refractivity contribution in [2.75, 3.05) is 0 Å².